The van der Waals surface area contributed by atoms with Gasteiger partial charge in [-0.2, -0.15) is 11.3 Å². The van der Waals surface area contributed by atoms with Gasteiger partial charge in [0.05, 0.1) is 6.04 Å². The second kappa shape index (κ2) is 5.88. The monoisotopic (exact) mass is 226 g/mol. The van der Waals surface area contributed by atoms with Gasteiger partial charge >= 0.3 is 0 Å². The molecule has 1 aromatic rings. The Labute approximate surface area is 94.7 Å². The second-order valence-electron chi connectivity index (χ2n) is 3.69. The van der Waals surface area contributed by atoms with Gasteiger partial charge < -0.3 is 11.1 Å². The van der Waals surface area contributed by atoms with Crippen molar-refractivity contribution >= 4 is 17.2 Å². The van der Waals surface area contributed by atoms with Gasteiger partial charge in [0.2, 0.25) is 5.91 Å². The predicted octanol–water partition coefficient (Wildman–Crippen LogP) is 1.80. The van der Waals surface area contributed by atoms with Crippen LogP contribution in [0.3, 0.4) is 0 Å². The molecule has 84 valence electrons. The number of carbonyl (C=O) groups excluding carboxylic acids is 1. The zero-order chi connectivity index (χ0) is 11.3. The number of aryl methyl sites for hydroxylation is 1. The van der Waals surface area contributed by atoms with E-state index in [0.29, 0.717) is 6.54 Å². The molecule has 0 aromatic carbocycles. The SMILES string of the molecule is CCCC(N)C(=O)NCc1cscc1C. The number of amides is 1. The Kier molecular flexibility index (Phi) is 4.78. The van der Waals surface area contributed by atoms with Crippen LogP contribution in [0.2, 0.25) is 0 Å². The summed E-state index contributed by atoms with van der Waals surface area (Å²) in [5.74, 6) is -0.0533. The largest absolute Gasteiger partial charge is 0.351 e. The zero-order valence-electron chi connectivity index (χ0n) is 9.25. The summed E-state index contributed by atoms with van der Waals surface area (Å²) in [6, 6.07) is -0.367. The topological polar surface area (TPSA) is 55.1 Å². The smallest absolute Gasteiger partial charge is 0.237 e. The number of thiophene rings is 1. The van der Waals surface area contributed by atoms with Gasteiger partial charge in [0.15, 0.2) is 0 Å². The van der Waals surface area contributed by atoms with E-state index in [4.69, 9.17) is 5.73 Å². The van der Waals surface area contributed by atoms with Gasteiger partial charge in [0.25, 0.3) is 0 Å². The third-order valence-corrected chi connectivity index (χ3v) is 3.26. The van der Waals surface area contributed by atoms with E-state index in [2.05, 4.69) is 16.1 Å². The zero-order valence-corrected chi connectivity index (χ0v) is 10.1. The summed E-state index contributed by atoms with van der Waals surface area (Å²) in [5, 5.41) is 6.99. The minimum absolute atomic E-state index is 0.0533. The minimum atomic E-state index is -0.367. The highest BCUT2D eigenvalue weighted by molar-refractivity contribution is 7.08. The molecule has 3 nitrogen and oxygen atoms in total. The van der Waals surface area contributed by atoms with Crippen LogP contribution in [0.1, 0.15) is 30.9 Å². The molecule has 1 amide bonds. The van der Waals surface area contributed by atoms with Gasteiger partial charge in [-0.05, 0) is 35.2 Å². The summed E-state index contributed by atoms with van der Waals surface area (Å²) in [6.07, 6.45) is 1.68. The van der Waals surface area contributed by atoms with Crippen molar-refractivity contribution in [3.05, 3.63) is 21.9 Å². The highest BCUT2D eigenvalue weighted by atomic mass is 32.1. The highest BCUT2D eigenvalue weighted by Gasteiger charge is 2.11. The fraction of sp³-hybridized carbons (Fsp3) is 0.545. The van der Waals surface area contributed by atoms with Crippen LogP contribution in [0.25, 0.3) is 0 Å². The van der Waals surface area contributed by atoms with Crippen LogP contribution in [-0.4, -0.2) is 11.9 Å². The molecule has 0 fully saturated rings. The molecule has 4 heteroatoms. The summed E-state index contributed by atoms with van der Waals surface area (Å²) >= 11 is 1.65. The lowest BCUT2D eigenvalue weighted by Gasteiger charge is -2.10. The van der Waals surface area contributed by atoms with Crippen molar-refractivity contribution in [3.8, 4) is 0 Å². The van der Waals surface area contributed by atoms with E-state index in [0.717, 1.165) is 12.8 Å². The van der Waals surface area contributed by atoms with Crippen molar-refractivity contribution in [2.24, 2.45) is 5.73 Å². The number of nitrogens with two attached hydrogens (primary N) is 1. The molecule has 0 aliphatic heterocycles. The first-order valence-corrected chi connectivity index (χ1v) is 6.14. The summed E-state index contributed by atoms with van der Waals surface area (Å²) in [5.41, 5.74) is 8.10. The summed E-state index contributed by atoms with van der Waals surface area (Å²) < 4.78 is 0. The highest BCUT2D eigenvalue weighted by Crippen LogP contribution is 2.12. The summed E-state index contributed by atoms with van der Waals surface area (Å²) in [6.45, 7) is 4.66. The van der Waals surface area contributed by atoms with E-state index in [-0.39, 0.29) is 11.9 Å². The Bertz CT molecular complexity index is 322. The number of rotatable bonds is 5. The van der Waals surface area contributed by atoms with Crippen molar-refractivity contribution in [1.29, 1.82) is 0 Å². The molecule has 3 N–H and O–H groups in total. The first kappa shape index (κ1) is 12.2. The normalized spacial score (nSPS) is 12.5. The maximum Gasteiger partial charge on any atom is 0.237 e. The van der Waals surface area contributed by atoms with Crippen molar-refractivity contribution in [3.63, 3.8) is 0 Å². The van der Waals surface area contributed by atoms with Crippen LogP contribution in [-0.2, 0) is 11.3 Å². The standard InChI is InChI=1S/C11H18N2OS/c1-3-4-10(12)11(14)13-5-9-7-15-6-8(9)2/h6-7,10H,3-5,12H2,1-2H3,(H,13,14). The molecule has 0 saturated carbocycles. The molecule has 0 aliphatic carbocycles. The fourth-order valence-electron chi connectivity index (χ4n) is 1.32. The molecule has 0 saturated heterocycles. The van der Waals surface area contributed by atoms with Crippen molar-refractivity contribution in [2.45, 2.75) is 39.3 Å². The molecule has 1 unspecified atom stereocenters. The van der Waals surface area contributed by atoms with E-state index in [9.17, 15) is 4.79 Å². The van der Waals surface area contributed by atoms with Crippen LogP contribution >= 0.6 is 11.3 Å². The quantitative estimate of drug-likeness (QED) is 0.804. The van der Waals surface area contributed by atoms with Gasteiger partial charge in [-0.1, -0.05) is 13.3 Å². The predicted molar refractivity (Wildman–Crippen MR) is 63.8 cm³/mol. The maximum atomic E-state index is 11.5. The van der Waals surface area contributed by atoms with E-state index in [1.807, 2.05) is 13.8 Å². The Morgan fingerprint density at radius 1 is 1.60 bits per heavy atom. The van der Waals surface area contributed by atoms with Crippen LogP contribution in [0.4, 0.5) is 0 Å². The van der Waals surface area contributed by atoms with Crippen LogP contribution < -0.4 is 11.1 Å². The average Bonchev–Trinajstić information content (AvgIpc) is 2.61. The van der Waals surface area contributed by atoms with E-state index in [1.54, 1.807) is 11.3 Å². The van der Waals surface area contributed by atoms with Crippen molar-refractivity contribution < 1.29 is 4.79 Å². The average molecular weight is 226 g/mol. The molecule has 1 heterocycles. The first-order valence-electron chi connectivity index (χ1n) is 5.20. The lowest BCUT2D eigenvalue weighted by molar-refractivity contribution is -0.122. The molecule has 1 atom stereocenters. The van der Waals surface area contributed by atoms with E-state index in [1.165, 1.54) is 11.1 Å². The van der Waals surface area contributed by atoms with E-state index >= 15 is 0 Å². The van der Waals surface area contributed by atoms with Crippen LogP contribution in [0, 0.1) is 6.92 Å². The van der Waals surface area contributed by atoms with Gasteiger partial charge in [-0.25, -0.2) is 0 Å². The lowest BCUT2D eigenvalue weighted by atomic mass is 10.1. The summed E-state index contributed by atoms with van der Waals surface area (Å²) in [4.78, 5) is 11.5. The molecule has 1 rings (SSSR count). The number of hydrogen-bond donors (Lipinski definition) is 2. The van der Waals surface area contributed by atoms with Crippen LogP contribution in [0.15, 0.2) is 10.8 Å². The molecular formula is C11H18N2OS. The molecule has 0 aliphatic rings. The molecule has 0 spiro atoms. The number of nitrogens with one attached hydrogen (secondary N) is 1. The minimum Gasteiger partial charge on any atom is -0.351 e. The Morgan fingerprint density at radius 2 is 2.33 bits per heavy atom. The van der Waals surface area contributed by atoms with Gasteiger partial charge in [-0.15, -0.1) is 0 Å². The van der Waals surface area contributed by atoms with Gasteiger partial charge in [0.1, 0.15) is 0 Å². The van der Waals surface area contributed by atoms with Crippen molar-refractivity contribution in [2.75, 3.05) is 0 Å². The third kappa shape index (κ3) is 3.64. The maximum absolute atomic E-state index is 11.5. The van der Waals surface area contributed by atoms with Gasteiger partial charge in [-0.3, -0.25) is 4.79 Å². The first-order chi connectivity index (χ1) is 7.15. The number of carbonyl (C=O) groups is 1. The molecule has 1 aromatic heterocycles. The molecule has 15 heavy (non-hydrogen) atoms. The van der Waals surface area contributed by atoms with E-state index < -0.39 is 0 Å². The Morgan fingerprint density at radius 3 is 2.87 bits per heavy atom. The third-order valence-electron chi connectivity index (χ3n) is 2.35. The van der Waals surface area contributed by atoms with Crippen molar-refractivity contribution in [1.82, 2.24) is 5.32 Å². The molecular weight excluding hydrogens is 208 g/mol. The number of hydrogen-bond acceptors (Lipinski definition) is 3. The Balaban J connectivity index is 2.37. The molecule has 0 radical (unpaired) electrons. The van der Waals surface area contributed by atoms with Crippen LogP contribution in [0.5, 0.6) is 0 Å². The fourth-order valence-corrected chi connectivity index (χ4v) is 2.18. The molecule has 0 bridgehead atoms. The summed E-state index contributed by atoms with van der Waals surface area (Å²) in [7, 11) is 0. The Hall–Kier alpha value is -0.870. The second-order valence-corrected chi connectivity index (χ2v) is 4.44. The lowest BCUT2D eigenvalue weighted by Crippen LogP contribution is -2.40. The van der Waals surface area contributed by atoms with Gasteiger partial charge in [0, 0.05) is 6.54 Å².